The summed E-state index contributed by atoms with van der Waals surface area (Å²) in [6, 6.07) is 0. The second-order valence-corrected chi connectivity index (χ2v) is 22.2. The minimum Gasteiger partial charge on any atom is -0.466 e. The molecule has 0 aromatic rings. The van der Waals surface area contributed by atoms with Gasteiger partial charge in [0.1, 0.15) is 6.61 Å². The molecule has 0 bridgehead atoms. The van der Waals surface area contributed by atoms with Gasteiger partial charge in [0.15, 0.2) is 0 Å². The third-order valence-electron chi connectivity index (χ3n) is 14.1. The lowest BCUT2D eigenvalue weighted by molar-refractivity contribution is -0.147. The fraction of sp³-hybridized carbons (Fsp3) is 0.788. The van der Waals surface area contributed by atoms with Crippen LogP contribution in [0.5, 0.6) is 0 Å². The first-order valence-corrected chi connectivity index (χ1v) is 33.4. The molecule has 0 aromatic carbocycles. The maximum absolute atomic E-state index is 12.1. The maximum atomic E-state index is 12.1. The molecule has 90 heavy (non-hydrogen) atoms. The van der Waals surface area contributed by atoms with Crippen LogP contribution in [0, 0.1) is 0 Å². The van der Waals surface area contributed by atoms with Gasteiger partial charge in [-0.05, 0) is 186 Å². The van der Waals surface area contributed by atoms with Crippen LogP contribution in [0.3, 0.4) is 0 Å². The molecule has 0 atom stereocenters. The molecule has 1 heterocycles. The zero-order valence-corrected chi connectivity index (χ0v) is 53.8. The average molecular weight is 1280 g/mol. The van der Waals surface area contributed by atoms with Crippen molar-refractivity contribution in [3.8, 4) is 0 Å². The fourth-order valence-electron chi connectivity index (χ4n) is 8.79. The van der Waals surface area contributed by atoms with Crippen LogP contribution in [0.25, 0.3) is 0 Å². The van der Waals surface area contributed by atoms with Gasteiger partial charge in [-0.2, -0.15) is 0 Å². The molecule has 24 nitrogen and oxygen atoms in total. The lowest BCUT2D eigenvalue weighted by Gasteiger charge is -2.13. The molecule has 24 heteroatoms. The molecule has 0 saturated heterocycles. The van der Waals surface area contributed by atoms with Crippen molar-refractivity contribution < 1.29 is 110 Å². The Labute approximate surface area is 532 Å². The van der Waals surface area contributed by atoms with E-state index in [0.29, 0.717) is 199 Å². The molecule has 1 N–H and O–H groups in total. The molecule has 0 spiro atoms. The Hall–Kier alpha value is -6.46. The summed E-state index contributed by atoms with van der Waals surface area (Å²) in [5, 5.41) is 8.76. The maximum Gasteiger partial charge on any atom is 0.305 e. The molecule has 0 unspecified atom stereocenters. The van der Waals surface area contributed by atoms with Crippen LogP contribution in [0.2, 0.25) is 0 Å². The lowest BCUT2D eigenvalue weighted by Crippen LogP contribution is -2.33. The van der Waals surface area contributed by atoms with Gasteiger partial charge in [0.2, 0.25) is 0 Å². The molecule has 0 fully saturated rings. The summed E-state index contributed by atoms with van der Waals surface area (Å²) in [6.45, 7) is 2.67. The lowest BCUT2D eigenvalue weighted by atomic mass is 10.2. The zero-order chi connectivity index (χ0) is 65.8. The number of rotatable bonds is 62. The Kier molecular flexibility index (Phi) is 53.4. The van der Waals surface area contributed by atoms with Gasteiger partial charge < -0.3 is 52.5 Å². The average Bonchev–Trinajstić information content (AvgIpc) is 3.67. The number of nitrogens with zero attached hydrogens (tertiary/aromatic N) is 1. The van der Waals surface area contributed by atoms with E-state index in [1.807, 2.05) is 0 Å². The highest BCUT2D eigenvalue weighted by molar-refractivity contribution is 6.12. The predicted octanol–water partition coefficient (Wildman–Crippen LogP) is 9.94. The van der Waals surface area contributed by atoms with Crippen LogP contribution >= 0.6 is 0 Å². The molecular formula is C66H107NO23. The van der Waals surface area contributed by atoms with Gasteiger partial charge >= 0.3 is 59.7 Å². The molecule has 514 valence electrons. The van der Waals surface area contributed by atoms with E-state index < -0.39 is 17.8 Å². The van der Waals surface area contributed by atoms with Crippen LogP contribution < -0.4 is 0 Å². The van der Waals surface area contributed by atoms with Gasteiger partial charge in [-0.3, -0.25) is 62.4 Å². The van der Waals surface area contributed by atoms with E-state index in [1.165, 1.54) is 12.2 Å². The van der Waals surface area contributed by atoms with E-state index >= 15 is 0 Å². The second-order valence-electron chi connectivity index (χ2n) is 22.2. The van der Waals surface area contributed by atoms with Crippen molar-refractivity contribution in [2.24, 2.45) is 0 Å². The number of hydrogen-bond acceptors (Lipinski definition) is 23. The van der Waals surface area contributed by atoms with Gasteiger partial charge in [-0.15, -0.1) is 0 Å². The van der Waals surface area contributed by atoms with Crippen molar-refractivity contribution in [3.63, 3.8) is 0 Å². The van der Waals surface area contributed by atoms with Crippen molar-refractivity contribution >= 4 is 71.5 Å². The van der Waals surface area contributed by atoms with E-state index in [0.717, 1.165) is 30.6 Å². The highest BCUT2D eigenvalue weighted by Gasteiger charge is 2.23. The highest BCUT2D eigenvalue weighted by atomic mass is 16.6. The van der Waals surface area contributed by atoms with E-state index in [9.17, 15) is 57.5 Å². The van der Waals surface area contributed by atoms with Gasteiger partial charge in [0.25, 0.3) is 11.8 Å². The Balaban J connectivity index is 1.80. The third-order valence-corrected chi connectivity index (χ3v) is 14.1. The van der Waals surface area contributed by atoms with Crippen LogP contribution in [0.1, 0.15) is 257 Å². The number of imide groups is 1. The molecule has 1 aliphatic rings. The number of unbranched alkanes of at least 4 members (excludes halogenated alkanes) is 20. The first-order valence-electron chi connectivity index (χ1n) is 33.4. The monoisotopic (exact) mass is 1280 g/mol. The van der Waals surface area contributed by atoms with Gasteiger partial charge in [0.05, 0.1) is 66.0 Å². The van der Waals surface area contributed by atoms with Crippen LogP contribution in [-0.2, 0) is 105 Å². The number of aliphatic hydroxyl groups excluding tert-OH is 1. The standard InChI is InChI=1S/C66H107NO23/c68-44-21-1-11-31-57(71)81-45-22-2-12-32-58(72)82-46-23-3-13-33-59(73)83-47-24-4-14-34-60(74)84-48-25-5-15-35-61(75)85-49-26-6-16-36-62(76)86-50-27-7-17-37-63(77)87-51-28-8-18-38-64(78)88-52-29-9-19-39-65(79)89-53-30-10-20-40-66(80)90-54-43-67-55(69)41-42-56(67)70/h41-42,68H,1-40,43-54H2. The SMILES string of the molecule is O=C(CCCCCO)OCCCCCC(=O)OCCCCCC(=O)OCCCCCC(=O)OCCCCCC(=O)OCCCCCC(=O)OCCCCCC(=O)OCCCCCC(=O)OCCCCCC(=O)OCCCCCC(=O)OCCN1C(=O)C=CC1=O. The van der Waals surface area contributed by atoms with Crippen LogP contribution in [0.4, 0.5) is 0 Å². The quantitative estimate of drug-likeness (QED) is 0.0256. The Bertz CT molecular complexity index is 2040. The smallest absolute Gasteiger partial charge is 0.305 e. The molecule has 2 amide bonds. The fourth-order valence-corrected chi connectivity index (χ4v) is 8.79. The number of ether oxygens (including phenoxy) is 10. The Morgan fingerprint density at radius 2 is 0.389 bits per heavy atom. The van der Waals surface area contributed by atoms with E-state index in [-0.39, 0.29) is 165 Å². The number of carbonyl (C=O) groups is 12. The number of amides is 2. The number of esters is 10. The van der Waals surface area contributed by atoms with Gasteiger partial charge in [0, 0.05) is 83.0 Å². The first kappa shape index (κ1) is 81.6. The number of carbonyl (C=O) groups excluding carboxylic acids is 12. The Morgan fingerprint density at radius 1 is 0.233 bits per heavy atom. The van der Waals surface area contributed by atoms with Gasteiger partial charge in [-0.25, -0.2) is 0 Å². The number of aliphatic hydroxyl groups is 1. The largest absolute Gasteiger partial charge is 0.466 e. The van der Waals surface area contributed by atoms with Crippen molar-refractivity contribution in [2.45, 2.75) is 257 Å². The van der Waals surface area contributed by atoms with E-state index in [2.05, 4.69) is 0 Å². The number of hydrogen-bond donors (Lipinski definition) is 1. The van der Waals surface area contributed by atoms with Crippen molar-refractivity contribution in [1.29, 1.82) is 0 Å². The van der Waals surface area contributed by atoms with E-state index in [1.54, 1.807) is 0 Å². The molecule has 1 aliphatic heterocycles. The topological polar surface area (TPSA) is 321 Å². The first-order chi connectivity index (χ1) is 43.7. The summed E-state index contributed by atoms with van der Waals surface area (Å²) in [6.07, 6.45) is 25.1. The highest BCUT2D eigenvalue weighted by Crippen LogP contribution is 2.13. The second kappa shape index (κ2) is 58.9. The summed E-state index contributed by atoms with van der Waals surface area (Å²) in [7, 11) is 0. The van der Waals surface area contributed by atoms with Crippen LogP contribution in [-0.4, -0.2) is 161 Å². The third kappa shape index (κ3) is 53.4. The van der Waals surface area contributed by atoms with Crippen LogP contribution in [0.15, 0.2) is 12.2 Å². The molecule has 0 aliphatic carbocycles. The van der Waals surface area contributed by atoms with E-state index in [4.69, 9.17) is 52.5 Å². The zero-order valence-electron chi connectivity index (χ0n) is 53.8. The normalized spacial score (nSPS) is 11.7. The summed E-state index contributed by atoms with van der Waals surface area (Å²) in [4.78, 5) is 144. The molecule has 0 radical (unpaired) electrons. The molecule has 0 aromatic heterocycles. The predicted molar refractivity (Wildman–Crippen MR) is 327 cm³/mol. The summed E-state index contributed by atoms with van der Waals surface area (Å²) < 4.78 is 52.4. The Morgan fingerprint density at radius 3 is 0.556 bits per heavy atom. The molecule has 0 saturated carbocycles. The summed E-state index contributed by atoms with van der Waals surface area (Å²) in [5.41, 5.74) is 0. The summed E-state index contributed by atoms with van der Waals surface area (Å²) >= 11 is 0. The minimum atomic E-state index is -0.424. The van der Waals surface area contributed by atoms with Gasteiger partial charge in [-0.1, -0.05) is 6.42 Å². The van der Waals surface area contributed by atoms with Crippen molar-refractivity contribution in [2.75, 3.05) is 79.2 Å². The molecule has 1 rings (SSSR count). The molecular weight excluding hydrogens is 1170 g/mol. The van der Waals surface area contributed by atoms with Crippen molar-refractivity contribution in [1.82, 2.24) is 4.90 Å². The van der Waals surface area contributed by atoms with Crippen molar-refractivity contribution in [3.05, 3.63) is 12.2 Å². The minimum absolute atomic E-state index is 0.0181. The summed E-state index contributed by atoms with van der Waals surface area (Å²) in [5.74, 6) is -3.77.